The quantitative estimate of drug-likeness (QED) is 0.707. The number of fused-ring (bicyclic) bond motifs is 1. The number of hydrogen-bond donors (Lipinski definition) is 1. The number of rotatable bonds is 6. The molecule has 0 spiro atoms. The van der Waals surface area contributed by atoms with Gasteiger partial charge in [-0.3, -0.25) is 9.59 Å². The van der Waals surface area contributed by atoms with Crippen LogP contribution in [0.2, 0.25) is 0 Å². The lowest BCUT2D eigenvalue weighted by Crippen LogP contribution is -2.35. The van der Waals surface area contributed by atoms with E-state index in [1.165, 1.54) is 4.68 Å². The number of aryl methyl sites for hydroxylation is 2. The molecular formula is C24H25N3O2. The van der Waals surface area contributed by atoms with Gasteiger partial charge < -0.3 is 5.32 Å². The summed E-state index contributed by atoms with van der Waals surface area (Å²) in [5.74, 6) is -0.459. The van der Waals surface area contributed by atoms with E-state index >= 15 is 0 Å². The van der Waals surface area contributed by atoms with Gasteiger partial charge >= 0.3 is 0 Å². The zero-order chi connectivity index (χ0) is 20.1. The third-order valence-corrected chi connectivity index (χ3v) is 5.42. The summed E-state index contributed by atoms with van der Waals surface area (Å²) in [4.78, 5) is 25.4. The summed E-state index contributed by atoms with van der Waals surface area (Å²) in [6.07, 6.45) is 4.09. The molecule has 148 valence electrons. The van der Waals surface area contributed by atoms with Crippen LogP contribution in [-0.4, -0.2) is 22.2 Å². The van der Waals surface area contributed by atoms with E-state index in [4.69, 9.17) is 0 Å². The Morgan fingerprint density at radius 2 is 1.59 bits per heavy atom. The van der Waals surface area contributed by atoms with Crippen LogP contribution >= 0.6 is 0 Å². The maximum Gasteiger partial charge on any atom is 0.267 e. The van der Waals surface area contributed by atoms with Crippen LogP contribution in [0.25, 0.3) is 0 Å². The van der Waals surface area contributed by atoms with E-state index in [1.54, 1.807) is 6.07 Å². The number of carbonyl (C=O) groups is 1. The highest BCUT2D eigenvalue weighted by Crippen LogP contribution is 2.24. The lowest BCUT2D eigenvalue weighted by Gasteiger charge is -2.19. The second kappa shape index (κ2) is 8.86. The minimum atomic E-state index is -0.384. The first kappa shape index (κ1) is 19.1. The lowest BCUT2D eigenvalue weighted by molar-refractivity contribution is -0.121. The molecule has 0 fully saturated rings. The minimum Gasteiger partial charge on any atom is -0.353 e. The first-order chi connectivity index (χ1) is 14.2. The van der Waals surface area contributed by atoms with Gasteiger partial charge in [0, 0.05) is 12.6 Å². The summed E-state index contributed by atoms with van der Waals surface area (Å²) in [6.45, 7) is 0.731. The normalized spacial score (nSPS) is 13.1. The molecule has 1 N–H and O–H groups in total. The Balaban J connectivity index is 1.47. The number of amides is 1. The van der Waals surface area contributed by atoms with Crippen molar-refractivity contribution in [3.8, 4) is 0 Å². The van der Waals surface area contributed by atoms with Crippen LogP contribution in [0.3, 0.4) is 0 Å². The van der Waals surface area contributed by atoms with E-state index < -0.39 is 0 Å². The molecule has 5 heteroatoms. The molecule has 3 aromatic rings. The molecule has 2 aromatic carbocycles. The SMILES string of the molecule is O=C(NCCn1nc2c(cc1=O)CCCC2)C(c1ccccc1)c1ccccc1. The van der Waals surface area contributed by atoms with Crippen LogP contribution in [0, 0.1) is 0 Å². The predicted molar refractivity (Wildman–Crippen MR) is 113 cm³/mol. The molecule has 4 rings (SSSR count). The summed E-state index contributed by atoms with van der Waals surface area (Å²) < 4.78 is 1.48. The first-order valence-electron chi connectivity index (χ1n) is 10.2. The van der Waals surface area contributed by atoms with E-state index in [-0.39, 0.29) is 17.4 Å². The number of carbonyl (C=O) groups excluding carboxylic acids is 1. The smallest absolute Gasteiger partial charge is 0.267 e. The molecule has 0 unspecified atom stereocenters. The maximum atomic E-state index is 13.0. The molecule has 0 saturated heterocycles. The second-order valence-electron chi connectivity index (χ2n) is 7.43. The standard InChI is InChI=1S/C24H25N3O2/c28-22-17-20-13-7-8-14-21(20)26-27(22)16-15-25-24(29)23(18-9-3-1-4-10-18)19-11-5-2-6-12-19/h1-6,9-12,17,23H,7-8,13-16H2,(H,25,29). The average Bonchev–Trinajstić information content (AvgIpc) is 2.76. The Morgan fingerprint density at radius 1 is 0.966 bits per heavy atom. The maximum absolute atomic E-state index is 13.0. The van der Waals surface area contributed by atoms with Gasteiger partial charge in [-0.25, -0.2) is 4.68 Å². The molecule has 0 saturated carbocycles. The molecule has 0 bridgehead atoms. The van der Waals surface area contributed by atoms with Gasteiger partial charge in [-0.2, -0.15) is 5.10 Å². The Morgan fingerprint density at radius 3 is 2.24 bits per heavy atom. The van der Waals surface area contributed by atoms with Crippen LogP contribution in [-0.2, 0) is 24.2 Å². The van der Waals surface area contributed by atoms with Crippen molar-refractivity contribution < 1.29 is 4.79 Å². The summed E-state index contributed by atoms with van der Waals surface area (Å²) in [5.41, 5.74) is 3.89. The van der Waals surface area contributed by atoms with E-state index in [2.05, 4.69) is 10.4 Å². The number of aromatic nitrogens is 2. The Labute approximate surface area is 170 Å². The molecule has 0 aliphatic heterocycles. The van der Waals surface area contributed by atoms with Crippen LogP contribution in [0.4, 0.5) is 0 Å². The van der Waals surface area contributed by atoms with Gasteiger partial charge in [-0.15, -0.1) is 0 Å². The fourth-order valence-electron chi connectivity index (χ4n) is 3.93. The van der Waals surface area contributed by atoms with Gasteiger partial charge in [0.25, 0.3) is 5.56 Å². The molecule has 1 aliphatic rings. The highest BCUT2D eigenvalue weighted by atomic mass is 16.2. The monoisotopic (exact) mass is 387 g/mol. The largest absolute Gasteiger partial charge is 0.353 e. The highest BCUT2D eigenvalue weighted by Gasteiger charge is 2.22. The van der Waals surface area contributed by atoms with Crippen LogP contribution in [0.1, 0.15) is 41.1 Å². The third-order valence-electron chi connectivity index (χ3n) is 5.42. The number of benzene rings is 2. The van der Waals surface area contributed by atoms with Crippen molar-refractivity contribution >= 4 is 5.91 Å². The average molecular weight is 387 g/mol. The fourth-order valence-corrected chi connectivity index (χ4v) is 3.93. The third kappa shape index (κ3) is 4.45. The van der Waals surface area contributed by atoms with Gasteiger partial charge in [0.1, 0.15) is 0 Å². The van der Waals surface area contributed by atoms with E-state index in [1.807, 2.05) is 60.7 Å². The Bertz CT molecular complexity index is 989. The van der Waals surface area contributed by atoms with Crippen molar-refractivity contribution in [3.05, 3.63) is 99.5 Å². The zero-order valence-electron chi connectivity index (χ0n) is 16.4. The van der Waals surface area contributed by atoms with Crippen molar-refractivity contribution in [3.63, 3.8) is 0 Å². The van der Waals surface area contributed by atoms with Gasteiger partial charge in [0.15, 0.2) is 0 Å². The number of nitrogens with zero attached hydrogens (tertiary/aromatic N) is 2. The van der Waals surface area contributed by atoms with Crippen LogP contribution in [0.5, 0.6) is 0 Å². The lowest BCUT2D eigenvalue weighted by atomic mass is 9.90. The molecule has 1 aromatic heterocycles. The molecule has 1 heterocycles. The molecular weight excluding hydrogens is 362 g/mol. The number of nitrogens with one attached hydrogen (secondary N) is 1. The van der Waals surface area contributed by atoms with Crippen molar-refractivity contribution in [2.45, 2.75) is 38.1 Å². The molecule has 0 radical (unpaired) electrons. The van der Waals surface area contributed by atoms with Gasteiger partial charge in [-0.05, 0) is 42.4 Å². The topological polar surface area (TPSA) is 64.0 Å². The summed E-state index contributed by atoms with van der Waals surface area (Å²) >= 11 is 0. The van der Waals surface area contributed by atoms with Crippen LogP contribution < -0.4 is 10.9 Å². The van der Waals surface area contributed by atoms with E-state index in [0.29, 0.717) is 13.1 Å². The molecule has 0 atom stereocenters. The van der Waals surface area contributed by atoms with Crippen molar-refractivity contribution in [1.82, 2.24) is 15.1 Å². The second-order valence-corrected chi connectivity index (χ2v) is 7.43. The molecule has 29 heavy (non-hydrogen) atoms. The minimum absolute atomic E-state index is 0.0755. The van der Waals surface area contributed by atoms with Crippen LogP contribution in [0.15, 0.2) is 71.5 Å². The van der Waals surface area contributed by atoms with Crippen molar-refractivity contribution in [2.24, 2.45) is 0 Å². The van der Waals surface area contributed by atoms with Crippen molar-refractivity contribution in [2.75, 3.05) is 6.54 Å². The van der Waals surface area contributed by atoms with Gasteiger partial charge in [-0.1, -0.05) is 60.7 Å². The fraction of sp³-hybridized carbons (Fsp3) is 0.292. The summed E-state index contributed by atoms with van der Waals surface area (Å²) in [7, 11) is 0. The number of hydrogen-bond acceptors (Lipinski definition) is 3. The summed E-state index contributed by atoms with van der Waals surface area (Å²) in [6, 6.07) is 21.2. The zero-order valence-corrected chi connectivity index (χ0v) is 16.4. The Kier molecular flexibility index (Phi) is 5.84. The van der Waals surface area contributed by atoms with E-state index in [9.17, 15) is 9.59 Å². The predicted octanol–water partition coefficient (Wildman–Crippen LogP) is 3.07. The van der Waals surface area contributed by atoms with E-state index in [0.717, 1.165) is 48.1 Å². The Hall–Kier alpha value is -3.21. The summed E-state index contributed by atoms with van der Waals surface area (Å²) in [5, 5.41) is 7.52. The first-order valence-corrected chi connectivity index (χ1v) is 10.2. The molecule has 5 nitrogen and oxygen atoms in total. The molecule has 1 aliphatic carbocycles. The molecule has 1 amide bonds. The van der Waals surface area contributed by atoms with Crippen molar-refractivity contribution in [1.29, 1.82) is 0 Å². The van der Waals surface area contributed by atoms with Gasteiger partial charge in [0.2, 0.25) is 5.91 Å². The van der Waals surface area contributed by atoms with Gasteiger partial charge in [0.05, 0.1) is 18.2 Å². The highest BCUT2D eigenvalue weighted by molar-refractivity contribution is 5.87.